The van der Waals surface area contributed by atoms with E-state index in [-0.39, 0.29) is 12.4 Å². The molecule has 0 heterocycles. The molecule has 94 valence electrons. The maximum atomic E-state index is 13.4. The number of hydrogen-bond acceptors (Lipinski definition) is 2. The van der Waals surface area contributed by atoms with Gasteiger partial charge in [-0.1, -0.05) is 22.0 Å². The lowest BCUT2D eigenvalue weighted by atomic mass is 10.2. The topological polar surface area (TPSA) is 29.5 Å². The molecular formula is C13H9BrF2O2. The Kier molecular flexibility index (Phi) is 3.93. The Morgan fingerprint density at radius 1 is 1.11 bits per heavy atom. The Balaban J connectivity index is 2.26. The number of benzene rings is 2. The van der Waals surface area contributed by atoms with Crippen LogP contribution in [0.5, 0.6) is 11.5 Å². The number of halogens is 3. The second-order valence-corrected chi connectivity index (χ2v) is 4.44. The molecule has 1 N–H and O–H groups in total. The lowest BCUT2D eigenvalue weighted by Gasteiger charge is -2.08. The number of hydrogen-bond donors (Lipinski definition) is 1. The summed E-state index contributed by atoms with van der Waals surface area (Å²) in [5.41, 5.74) is 0.696. The molecule has 0 fully saturated rings. The second kappa shape index (κ2) is 5.46. The standard InChI is InChI=1S/C13H9BrF2O2/c14-11-6-10(3-1-8(11)7-17)18-13-4-2-9(15)5-12(13)16/h1-6,17H,7H2. The summed E-state index contributed by atoms with van der Waals surface area (Å²) in [6.45, 7) is -0.105. The maximum Gasteiger partial charge on any atom is 0.168 e. The molecule has 18 heavy (non-hydrogen) atoms. The molecule has 0 saturated heterocycles. The zero-order valence-corrected chi connectivity index (χ0v) is 10.7. The van der Waals surface area contributed by atoms with Crippen LogP contribution in [0.1, 0.15) is 5.56 Å². The number of aliphatic hydroxyl groups excluding tert-OH is 1. The fourth-order valence-corrected chi connectivity index (χ4v) is 1.89. The molecule has 5 heteroatoms. The van der Waals surface area contributed by atoms with Crippen LogP contribution in [0.25, 0.3) is 0 Å². The van der Waals surface area contributed by atoms with E-state index < -0.39 is 11.6 Å². The SMILES string of the molecule is OCc1ccc(Oc2ccc(F)cc2F)cc1Br. The molecule has 0 amide bonds. The first kappa shape index (κ1) is 13.0. The molecule has 2 rings (SSSR count). The molecule has 2 aromatic carbocycles. The van der Waals surface area contributed by atoms with Gasteiger partial charge in [-0.05, 0) is 29.8 Å². The highest BCUT2D eigenvalue weighted by molar-refractivity contribution is 9.10. The van der Waals surface area contributed by atoms with Crippen molar-refractivity contribution in [2.24, 2.45) is 0 Å². The van der Waals surface area contributed by atoms with E-state index >= 15 is 0 Å². The first-order valence-electron chi connectivity index (χ1n) is 5.12. The fraction of sp³-hybridized carbons (Fsp3) is 0.0769. The fourth-order valence-electron chi connectivity index (χ4n) is 1.40. The third-order valence-electron chi connectivity index (χ3n) is 2.32. The Bertz CT molecular complexity index is 573. The Morgan fingerprint density at radius 2 is 1.89 bits per heavy atom. The first-order chi connectivity index (χ1) is 8.60. The summed E-state index contributed by atoms with van der Waals surface area (Å²) in [6.07, 6.45) is 0. The van der Waals surface area contributed by atoms with Crippen LogP contribution in [0, 0.1) is 11.6 Å². The average molecular weight is 315 g/mol. The van der Waals surface area contributed by atoms with Crippen LogP contribution in [0.2, 0.25) is 0 Å². The molecule has 0 aromatic heterocycles. The summed E-state index contributed by atoms with van der Waals surface area (Å²) in [6, 6.07) is 7.95. The van der Waals surface area contributed by atoms with Gasteiger partial charge in [-0.2, -0.15) is 0 Å². The third kappa shape index (κ3) is 2.86. The minimum absolute atomic E-state index is 0.0555. The smallest absolute Gasteiger partial charge is 0.168 e. The van der Waals surface area contributed by atoms with E-state index in [0.29, 0.717) is 15.8 Å². The van der Waals surface area contributed by atoms with Gasteiger partial charge in [0.05, 0.1) is 6.61 Å². The van der Waals surface area contributed by atoms with Crippen LogP contribution < -0.4 is 4.74 Å². The monoisotopic (exact) mass is 314 g/mol. The van der Waals surface area contributed by atoms with Gasteiger partial charge < -0.3 is 9.84 Å². The van der Waals surface area contributed by atoms with Crippen molar-refractivity contribution in [2.45, 2.75) is 6.61 Å². The molecule has 0 unspecified atom stereocenters. The van der Waals surface area contributed by atoms with Gasteiger partial charge in [0.2, 0.25) is 0 Å². The lowest BCUT2D eigenvalue weighted by Crippen LogP contribution is -1.91. The van der Waals surface area contributed by atoms with Gasteiger partial charge in [0.25, 0.3) is 0 Å². The average Bonchev–Trinajstić information content (AvgIpc) is 2.33. The van der Waals surface area contributed by atoms with Gasteiger partial charge in [0.15, 0.2) is 11.6 Å². The van der Waals surface area contributed by atoms with Gasteiger partial charge in [0.1, 0.15) is 11.6 Å². The maximum absolute atomic E-state index is 13.4. The zero-order chi connectivity index (χ0) is 13.1. The van der Waals surface area contributed by atoms with Crippen molar-refractivity contribution in [2.75, 3.05) is 0 Å². The van der Waals surface area contributed by atoms with Crippen LogP contribution >= 0.6 is 15.9 Å². The van der Waals surface area contributed by atoms with Crippen molar-refractivity contribution in [3.63, 3.8) is 0 Å². The Labute approximate surface area is 111 Å². The van der Waals surface area contributed by atoms with Gasteiger partial charge in [-0.3, -0.25) is 0 Å². The molecule has 0 aliphatic rings. The summed E-state index contributed by atoms with van der Waals surface area (Å²) >= 11 is 3.26. The van der Waals surface area contributed by atoms with Crippen LogP contribution in [0.3, 0.4) is 0 Å². The van der Waals surface area contributed by atoms with E-state index in [1.807, 2.05) is 0 Å². The number of aliphatic hydroxyl groups is 1. The molecular weight excluding hydrogens is 306 g/mol. The highest BCUT2D eigenvalue weighted by atomic mass is 79.9. The molecule has 0 atom stereocenters. The number of rotatable bonds is 3. The summed E-state index contributed by atoms with van der Waals surface area (Å²) in [4.78, 5) is 0. The van der Waals surface area contributed by atoms with Crippen LogP contribution in [0.4, 0.5) is 8.78 Å². The van der Waals surface area contributed by atoms with Crippen LogP contribution in [-0.2, 0) is 6.61 Å². The molecule has 0 bridgehead atoms. The van der Waals surface area contributed by atoms with E-state index in [4.69, 9.17) is 9.84 Å². The van der Waals surface area contributed by atoms with Gasteiger partial charge in [-0.15, -0.1) is 0 Å². The van der Waals surface area contributed by atoms with Crippen molar-refractivity contribution in [3.8, 4) is 11.5 Å². The predicted octanol–water partition coefficient (Wildman–Crippen LogP) is 4.01. The highest BCUT2D eigenvalue weighted by Gasteiger charge is 2.07. The molecule has 0 saturated carbocycles. The molecule has 0 aliphatic heterocycles. The number of ether oxygens (including phenoxy) is 1. The van der Waals surface area contributed by atoms with Gasteiger partial charge in [-0.25, -0.2) is 8.78 Å². The van der Waals surface area contributed by atoms with Crippen molar-refractivity contribution in [1.29, 1.82) is 0 Å². The van der Waals surface area contributed by atoms with Gasteiger partial charge in [0, 0.05) is 10.5 Å². The lowest BCUT2D eigenvalue weighted by molar-refractivity contribution is 0.281. The van der Waals surface area contributed by atoms with Crippen molar-refractivity contribution in [3.05, 3.63) is 58.1 Å². The summed E-state index contributed by atoms with van der Waals surface area (Å²) < 4.78 is 32.0. The quantitative estimate of drug-likeness (QED) is 0.927. The minimum Gasteiger partial charge on any atom is -0.454 e. The summed E-state index contributed by atoms with van der Waals surface area (Å²) in [7, 11) is 0. The predicted molar refractivity (Wildman–Crippen MR) is 66.5 cm³/mol. The molecule has 0 radical (unpaired) electrons. The molecule has 0 spiro atoms. The summed E-state index contributed by atoms with van der Waals surface area (Å²) in [5.74, 6) is -1.08. The Morgan fingerprint density at radius 3 is 2.50 bits per heavy atom. The highest BCUT2D eigenvalue weighted by Crippen LogP contribution is 2.28. The molecule has 0 aliphatic carbocycles. The zero-order valence-electron chi connectivity index (χ0n) is 9.16. The van der Waals surface area contributed by atoms with Crippen molar-refractivity contribution in [1.82, 2.24) is 0 Å². The molecule has 2 aromatic rings. The van der Waals surface area contributed by atoms with E-state index in [2.05, 4.69) is 15.9 Å². The molecule has 2 nitrogen and oxygen atoms in total. The largest absolute Gasteiger partial charge is 0.454 e. The van der Waals surface area contributed by atoms with Crippen molar-refractivity contribution >= 4 is 15.9 Å². The normalized spacial score (nSPS) is 10.4. The first-order valence-corrected chi connectivity index (χ1v) is 5.91. The minimum atomic E-state index is -0.766. The van der Waals surface area contributed by atoms with E-state index in [1.165, 1.54) is 6.07 Å². The van der Waals surface area contributed by atoms with E-state index in [0.717, 1.165) is 12.1 Å². The van der Waals surface area contributed by atoms with Gasteiger partial charge >= 0.3 is 0 Å². The van der Waals surface area contributed by atoms with Crippen LogP contribution in [0.15, 0.2) is 40.9 Å². The Hall–Kier alpha value is -1.46. The van der Waals surface area contributed by atoms with Crippen molar-refractivity contribution < 1.29 is 18.6 Å². The van der Waals surface area contributed by atoms with E-state index in [9.17, 15) is 8.78 Å². The second-order valence-electron chi connectivity index (χ2n) is 3.59. The van der Waals surface area contributed by atoms with E-state index in [1.54, 1.807) is 18.2 Å². The summed E-state index contributed by atoms with van der Waals surface area (Å²) in [5, 5.41) is 9.00. The van der Waals surface area contributed by atoms with Crippen LogP contribution in [-0.4, -0.2) is 5.11 Å². The third-order valence-corrected chi connectivity index (χ3v) is 3.05.